The molecule has 46 valence electrons. The van der Waals surface area contributed by atoms with Crippen molar-refractivity contribution in [3.63, 3.8) is 0 Å². The van der Waals surface area contributed by atoms with Gasteiger partial charge in [-0.05, 0) is 0 Å². The van der Waals surface area contributed by atoms with Gasteiger partial charge in [-0.15, -0.1) is 4.39 Å². The minimum Gasteiger partial charge on any atom is -0.465 e. The molecular weight excluding hydrogens is 117 g/mol. The predicted molar refractivity (Wildman–Crippen MR) is 22.3 cm³/mol. The van der Waals surface area contributed by atoms with E-state index >= 15 is 0 Å². The number of carbonyl (C=O) groups excluding carboxylic acids is 1. The van der Waals surface area contributed by atoms with E-state index in [9.17, 15) is 14.0 Å². The highest BCUT2D eigenvalue weighted by Gasteiger charge is 2.12. The van der Waals surface area contributed by atoms with E-state index in [4.69, 9.17) is 5.11 Å². The summed E-state index contributed by atoms with van der Waals surface area (Å²) < 4.78 is 11.3. The number of rotatable bonds is 0. The molecule has 0 rings (SSSR count). The Balaban J connectivity index is 3.83. The Bertz CT molecular complexity index is 110. The molecule has 5 heteroatoms. The second kappa shape index (κ2) is 2.25. The molecule has 0 heterocycles. The number of imide groups is 1. The zero-order valence-corrected chi connectivity index (χ0v) is 4.09. The maximum absolute atomic E-state index is 11.3. The first-order chi connectivity index (χ1) is 3.55. The highest BCUT2D eigenvalue weighted by atomic mass is 19.1. The largest absolute Gasteiger partial charge is 0.465 e. The summed E-state index contributed by atoms with van der Waals surface area (Å²) in [4.78, 5) is 19.0. The van der Waals surface area contributed by atoms with Crippen molar-refractivity contribution < 1.29 is 19.1 Å². The van der Waals surface area contributed by atoms with Crippen molar-refractivity contribution >= 4 is 12.3 Å². The Hall–Kier alpha value is -1.13. The topological polar surface area (TPSA) is 57.6 Å². The number of carboxylic acid groups (broad SMARTS) is 1. The molecule has 0 aliphatic carbocycles. The third-order valence-electron chi connectivity index (χ3n) is 0.551. The van der Waals surface area contributed by atoms with Crippen molar-refractivity contribution in [2.45, 2.75) is 0 Å². The molecule has 0 aliphatic heterocycles. The monoisotopic (exact) mass is 121 g/mol. The molecule has 0 aliphatic rings. The van der Waals surface area contributed by atoms with E-state index in [1.807, 2.05) is 0 Å². The molecule has 0 aromatic rings. The van der Waals surface area contributed by atoms with E-state index in [2.05, 4.69) is 0 Å². The number of hydrogen-bond acceptors (Lipinski definition) is 2. The summed E-state index contributed by atoms with van der Waals surface area (Å²) in [5.74, 6) is 0. The van der Waals surface area contributed by atoms with E-state index in [-0.39, 0.29) is 4.90 Å². The Kier molecular flexibility index (Phi) is 1.93. The molecule has 2 amide bonds. The Morgan fingerprint density at radius 1 is 1.62 bits per heavy atom. The average Bonchev–Trinajstić information content (AvgIpc) is 1.64. The summed E-state index contributed by atoms with van der Waals surface area (Å²) in [6.45, 7) is 0. The molecule has 0 unspecified atom stereocenters. The van der Waals surface area contributed by atoms with Crippen LogP contribution in [0.3, 0.4) is 0 Å². The van der Waals surface area contributed by atoms with Crippen molar-refractivity contribution in [3.8, 4) is 0 Å². The second-order valence-electron chi connectivity index (χ2n) is 1.09. The van der Waals surface area contributed by atoms with Crippen LogP contribution in [-0.4, -0.2) is 29.3 Å². The van der Waals surface area contributed by atoms with Crippen LogP contribution in [-0.2, 0) is 0 Å². The van der Waals surface area contributed by atoms with Crippen LogP contribution < -0.4 is 0 Å². The van der Waals surface area contributed by atoms with Gasteiger partial charge in [0.05, 0.1) is 0 Å². The van der Waals surface area contributed by atoms with E-state index in [0.29, 0.717) is 0 Å². The lowest BCUT2D eigenvalue weighted by Gasteiger charge is -2.01. The lowest BCUT2D eigenvalue weighted by atomic mass is 10.9. The lowest BCUT2D eigenvalue weighted by molar-refractivity contribution is 0.147. The Labute approximate surface area is 44.5 Å². The van der Waals surface area contributed by atoms with Crippen LogP contribution in [0.2, 0.25) is 0 Å². The molecule has 0 aromatic heterocycles. The van der Waals surface area contributed by atoms with Crippen LogP contribution in [0.1, 0.15) is 0 Å². The van der Waals surface area contributed by atoms with Crippen molar-refractivity contribution in [2.75, 3.05) is 7.05 Å². The van der Waals surface area contributed by atoms with Gasteiger partial charge in [0.15, 0.2) is 0 Å². The van der Waals surface area contributed by atoms with Crippen molar-refractivity contribution in [1.29, 1.82) is 0 Å². The van der Waals surface area contributed by atoms with Gasteiger partial charge in [-0.3, -0.25) is 0 Å². The molecule has 0 saturated heterocycles. The fraction of sp³-hybridized carbons (Fsp3) is 0.333. The van der Waals surface area contributed by atoms with Gasteiger partial charge in [-0.2, -0.15) is 0 Å². The molecule has 8 heavy (non-hydrogen) atoms. The van der Waals surface area contributed by atoms with E-state index in [1.165, 1.54) is 0 Å². The number of nitrogens with zero attached hydrogens (tertiary/aromatic N) is 1. The normalized spacial score (nSPS) is 8.25. The van der Waals surface area contributed by atoms with Gasteiger partial charge in [-0.1, -0.05) is 0 Å². The van der Waals surface area contributed by atoms with Crippen LogP contribution >= 0.6 is 0 Å². The van der Waals surface area contributed by atoms with Gasteiger partial charge in [0.1, 0.15) is 0 Å². The Morgan fingerprint density at radius 3 is 2.00 bits per heavy atom. The molecular formula is C3H4FNO3. The third kappa shape index (κ3) is 1.55. The molecule has 0 saturated carbocycles. The standard InChI is InChI=1S/C3H4FNO3/c1-5(2(4)6)3(7)8/h1H3,(H,7,8). The number of carbonyl (C=O) groups is 2. The average molecular weight is 121 g/mol. The van der Waals surface area contributed by atoms with Gasteiger partial charge < -0.3 is 5.11 Å². The quantitative estimate of drug-likeness (QED) is 0.378. The van der Waals surface area contributed by atoms with Crippen LogP contribution in [0.5, 0.6) is 0 Å². The van der Waals surface area contributed by atoms with Crippen LogP contribution in [0.25, 0.3) is 0 Å². The minimum absolute atomic E-state index is 0.0556. The maximum Gasteiger partial charge on any atom is 0.415 e. The van der Waals surface area contributed by atoms with Crippen LogP contribution in [0, 0.1) is 0 Å². The summed E-state index contributed by atoms with van der Waals surface area (Å²) in [7, 11) is 0.824. The van der Waals surface area contributed by atoms with Crippen molar-refractivity contribution in [3.05, 3.63) is 0 Å². The summed E-state index contributed by atoms with van der Waals surface area (Å²) in [6, 6.07) is 0. The molecule has 0 atom stereocenters. The van der Waals surface area contributed by atoms with Gasteiger partial charge in [-0.25, -0.2) is 14.5 Å². The summed E-state index contributed by atoms with van der Waals surface area (Å²) in [5, 5.41) is 7.82. The number of halogens is 1. The highest BCUT2D eigenvalue weighted by Crippen LogP contribution is 1.86. The molecule has 4 nitrogen and oxygen atoms in total. The molecule has 0 fully saturated rings. The highest BCUT2D eigenvalue weighted by molar-refractivity contribution is 5.85. The SMILES string of the molecule is CN(C(=O)O)C(=O)F. The first-order valence-electron chi connectivity index (χ1n) is 1.72. The molecule has 0 aromatic carbocycles. The maximum atomic E-state index is 11.3. The minimum atomic E-state index is -1.97. The molecule has 0 radical (unpaired) electrons. The number of amides is 2. The van der Waals surface area contributed by atoms with E-state index in [0.717, 1.165) is 7.05 Å². The van der Waals surface area contributed by atoms with Gasteiger partial charge in [0.25, 0.3) is 0 Å². The fourth-order valence-electron chi connectivity index (χ4n) is 0.0752. The molecule has 0 bridgehead atoms. The van der Waals surface area contributed by atoms with Crippen molar-refractivity contribution in [2.24, 2.45) is 0 Å². The number of hydrogen-bond donors (Lipinski definition) is 1. The third-order valence-corrected chi connectivity index (χ3v) is 0.551. The van der Waals surface area contributed by atoms with Gasteiger partial charge in [0, 0.05) is 7.05 Å². The van der Waals surface area contributed by atoms with E-state index in [1.54, 1.807) is 0 Å². The van der Waals surface area contributed by atoms with Crippen LogP contribution in [0.4, 0.5) is 14.0 Å². The molecule has 1 N–H and O–H groups in total. The van der Waals surface area contributed by atoms with Gasteiger partial charge >= 0.3 is 12.3 Å². The fourth-order valence-corrected chi connectivity index (χ4v) is 0.0752. The predicted octanol–water partition coefficient (Wildman–Crippen LogP) is 0.686. The second-order valence-corrected chi connectivity index (χ2v) is 1.09. The van der Waals surface area contributed by atoms with Gasteiger partial charge in [0.2, 0.25) is 0 Å². The van der Waals surface area contributed by atoms with E-state index < -0.39 is 12.3 Å². The van der Waals surface area contributed by atoms with Crippen molar-refractivity contribution in [1.82, 2.24) is 4.90 Å². The zero-order valence-electron chi connectivity index (χ0n) is 4.09. The lowest BCUT2D eigenvalue weighted by Crippen LogP contribution is -2.27. The smallest absolute Gasteiger partial charge is 0.415 e. The summed E-state index contributed by atoms with van der Waals surface area (Å²) in [5.41, 5.74) is 0. The first kappa shape index (κ1) is 6.87. The molecule has 0 spiro atoms. The Morgan fingerprint density at radius 2 is 2.00 bits per heavy atom. The summed E-state index contributed by atoms with van der Waals surface area (Å²) >= 11 is 0. The first-order valence-corrected chi connectivity index (χ1v) is 1.72. The van der Waals surface area contributed by atoms with Crippen LogP contribution in [0.15, 0.2) is 0 Å². The zero-order chi connectivity index (χ0) is 6.73. The summed E-state index contributed by atoms with van der Waals surface area (Å²) in [6.07, 6.45) is -3.57.